The summed E-state index contributed by atoms with van der Waals surface area (Å²) < 4.78 is 25.9. The van der Waals surface area contributed by atoms with Gasteiger partial charge >= 0.3 is 5.97 Å². The molecule has 10 heteroatoms. The normalized spacial score (nSPS) is 11.9. The molecule has 0 bridgehead atoms. The minimum atomic E-state index is -4.29. The molecule has 0 aromatic heterocycles. The van der Waals surface area contributed by atoms with Gasteiger partial charge in [0.25, 0.3) is 5.69 Å². The van der Waals surface area contributed by atoms with Crippen molar-refractivity contribution in [2.24, 2.45) is 0 Å². The molecule has 0 heterocycles. The van der Waals surface area contributed by atoms with Gasteiger partial charge in [-0.05, 0) is 32.4 Å². The van der Waals surface area contributed by atoms with Crippen molar-refractivity contribution >= 4 is 33.3 Å². The zero-order chi connectivity index (χ0) is 17.2. The van der Waals surface area contributed by atoms with E-state index in [0.717, 1.165) is 10.4 Å². The van der Waals surface area contributed by atoms with Crippen LogP contribution in [-0.4, -0.2) is 41.3 Å². The largest absolute Gasteiger partial charge is 0.480 e. The van der Waals surface area contributed by atoms with Crippen molar-refractivity contribution in [2.75, 3.05) is 6.54 Å². The predicted octanol–water partition coefficient (Wildman–Crippen LogP) is 2.04. The van der Waals surface area contributed by atoms with Gasteiger partial charge in [-0.2, -0.15) is 4.31 Å². The molecule has 1 rings (SSSR count). The van der Waals surface area contributed by atoms with E-state index in [1.807, 2.05) is 0 Å². The Kier molecular flexibility index (Phi) is 5.49. The molecule has 0 fully saturated rings. The van der Waals surface area contributed by atoms with E-state index < -0.39 is 49.1 Å². The first-order valence-corrected chi connectivity index (χ1v) is 7.98. The SMILES string of the molecule is Cc1cc([N+](=O)[O-])c(Cl)c(S(=O)(=O)N(CC(=O)O)C(C)C)c1. The Labute approximate surface area is 132 Å². The molecule has 1 N–H and O–H groups in total. The first-order chi connectivity index (χ1) is 9.98. The third-order valence-electron chi connectivity index (χ3n) is 2.81. The Bertz CT molecular complexity index is 717. The average molecular weight is 351 g/mol. The fourth-order valence-electron chi connectivity index (χ4n) is 1.84. The average Bonchev–Trinajstić information content (AvgIpc) is 2.37. The zero-order valence-corrected chi connectivity index (χ0v) is 13.7. The maximum Gasteiger partial charge on any atom is 0.318 e. The lowest BCUT2D eigenvalue weighted by Gasteiger charge is -2.24. The van der Waals surface area contributed by atoms with Gasteiger partial charge in [0.05, 0.1) is 4.92 Å². The number of nitro benzene ring substituents is 1. The Balaban J connectivity index is 3.57. The number of benzene rings is 1. The summed E-state index contributed by atoms with van der Waals surface area (Å²) in [5.41, 5.74) is -0.215. The number of carboxylic acid groups (broad SMARTS) is 1. The van der Waals surface area contributed by atoms with Crippen LogP contribution in [0.3, 0.4) is 0 Å². The van der Waals surface area contributed by atoms with Gasteiger partial charge < -0.3 is 5.11 Å². The first-order valence-electron chi connectivity index (χ1n) is 6.16. The van der Waals surface area contributed by atoms with E-state index in [4.69, 9.17) is 16.7 Å². The van der Waals surface area contributed by atoms with E-state index in [2.05, 4.69) is 0 Å². The fraction of sp³-hybridized carbons (Fsp3) is 0.417. The van der Waals surface area contributed by atoms with Crippen LogP contribution in [0.15, 0.2) is 17.0 Å². The van der Waals surface area contributed by atoms with Gasteiger partial charge in [0.15, 0.2) is 0 Å². The van der Waals surface area contributed by atoms with Gasteiger partial charge in [-0.1, -0.05) is 11.6 Å². The number of sulfonamides is 1. The van der Waals surface area contributed by atoms with Crippen molar-refractivity contribution in [3.63, 3.8) is 0 Å². The number of carbonyl (C=O) groups is 1. The van der Waals surface area contributed by atoms with E-state index in [1.165, 1.54) is 26.8 Å². The van der Waals surface area contributed by atoms with Crippen LogP contribution in [0.4, 0.5) is 5.69 Å². The third kappa shape index (κ3) is 3.73. The summed E-state index contributed by atoms with van der Waals surface area (Å²) in [5, 5.41) is 19.3. The van der Waals surface area contributed by atoms with E-state index in [-0.39, 0.29) is 0 Å². The van der Waals surface area contributed by atoms with E-state index in [9.17, 15) is 23.3 Å². The molecule has 0 saturated heterocycles. The van der Waals surface area contributed by atoms with Gasteiger partial charge in [-0.3, -0.25) is 14.9 Å². The lowest BCUT2D eigenvalue weighted by Crippen LogP contribution is -2.40. The summed E-state index contributed by atoms with van der Waals surface area (Å²) >= 11 is 5.85. The topological polar surface area (TPSA) is 118 Å². The number of carboxylic acids is 1. The molecule has 0 atom stereocenters. The van der Waals surface area contributed by atoms with Crippen LogP contribution in [-0.2, 0) is 14.8 Å². The van der Waals surface area contributed by atoms with Crippen LogP contribution in [0.25, 0.3) is 0 Å². The van der Waals surface area contributed by atoms with Crippen LogP contribution >= 0.6 is 11.6 Å². The highest BCUT2D eigenvalue weighted by Gasteiger charge is 2.33. The molecule has 0 amide bonds. The molecule has 22 heavy (non-hydrogen) atoms. The summed E-state index contributed by atoms with van der Waals surface area (Å²) in [6.45, 7) is 3.72. The Morgan fingerprint density at radius 3 is 2.41 bits per heavy atom. The lowest BCUT2D eigenvalue weighted by atomic mass is 10.2. The van der Waals surface area contributed by atoms with Gasteiger partial charge in [0, 0.05) is 12.1 Å². The van der Waals surface area contributed by atoms with Gasteiger partial charge in [-0.25, -0.2) is 8.42 Å². The van der Waals surface area contributed by atoms with Crippen molar-refractivity contribution in [3.05, 3.63) is 32.8 Å². The fourth-order valence-corrected chi connectivity index (χ4v) is 4.07. The Hall–Kier alpha value is -1.71. The van der Waals surface area contributed by atoms with Crippen molar-refractivity contribution in [1.29, 1.82) is 0 Å². The Morgan fingerprint density at radius 2 is 2.00 bits per heavy atom. The quantitative estimate of drug-likeness (QED) is 0.619. The van der Waals surface area contributed by atoms with Crippen molar-refractivity contribution in [3.8, 4) is 0 Å². The number of aliphatic carboxylic acids is 1. The third-order valence-corrected chi connectivity index (χ3v) is 5.37. The van der Waals surface area contributed by atoms with Crippen LogP contribution in [0.1, 0.15) is 19.4 Å². The Morgan fingerprint density at radius 1 is 1.45 bits per heavy atom. The molecule has 0 aliphatic rings. The van der Waals surface area contributed by atoms with Crippen molar-refractivity contribution in [1.82, 2.24) is 4.31 Å². The second kappa shape index (κ2) is 6.59. The summed E-state index contributed by atoms with van der Waals surface area (Å²) in [6, 6.07) is 1.68. The summed E-state index contributed by atoms with van der Waals surface area (Å²) in [6.07, 6.45) is 0. The van der Waals surface area contributed by atoms with E-state index >= 15 is 0 Å². The molecule has 0 aliphatic heterocycles. The van der Waals surface area contributed by atoms with Crippen molar-refractivity contribution in [2.45, 2.75) is 31.7 Å². The zero-order valence-electron chi connectivity index (χ0n) is 12.1. The number of halogens is 1. The molecular formula is C12H15ClN2O6S. The number of hydrogen-bond acceptors (Lipinski definition) is 5. The summed E-state index contributed by atoms with van der Waals surface area (Å²) in [4.78, 5) is 20.6. The standard InChI is InChI=1S/C12H15ClN2O6S/c1-7(2)14(6-11(16)17)22(20,21)10-5-8(3)4-9(12(10)13)15(18)19/h4-5,7H,6H2,1-3H3,(H,16,17). The smallest absolute Gasteiger partial charge is 0.318 e. The minimum Gasteiger partial charge on any atom is -0.480 e. The molecule has 0 aliphatic carbocycles. The molecule has 122 valence electrons. The molecule has 1 aromatic rings. The van der Waals surface area contributed by atoms with Crippen LogP contribution < -0.4 is 0 Å². The van der Waals surface area contributed by atoms with Gasteiger partial charge in [0.1, 0.15) is 16.5 Å². The minimum absolute atomic E-state index is 0.328. The molecule has 0 unspecified atom stereocenters. The molecule has 0 radical (unpaired) electrons. The highest BCUT2D eigenvalue weighted by Crippen LogP contribution is 2.34. The van der Waals surface area contributed by atoms with E-state index in [0.29, 0.717) is 5.56 Å². The first kappa shape index (κ1) is 18.3. The number of rotatable bonds is 6. The number of nitrogens with zero attached hydrogens (tertiary/aromatic N) is 2. The highest BCUT2D eigenvalue weighted by atomic mass is 35.5. The second-order valence-electron chi connectivity index (χ2n) is 4.89. The number of nitro groups is 1. The molecule has 0 spiro atoms. The van der Waals surface area contributed by atoms with E-state index in [1.54, 1.807) is 0 Å². The molecule has 8 nitrogen and oxygen atoms in total. The summed E-state index contributed by atoms with van der Waals surface area (Å²) in [5.74, 6) is -1.34. The summed E-state index contributed by atoms with van der Waals surface area (Å²) in [7, 11) is -4.29. The molecule has 0 saturated carbocycles. The molecule has 1 aromatic carbocycles. The van der Waals surface area contributed by atoms with Crippen LogP contribution in [0.2, 0.25) is 5.02 Å². The second-order valence-corrected chi connectivity index (χ2v) is 7.13. The number of hydrogen-bond donors (Lipinski definition) is 1. The van der Waals surface area contributed by atoms with Crippen LogP contribution in [0, 0.1) is 17.0 Å². The molecular weight excluding hydrogens is 336 g/mol. The monoisotopic (exact) mass is 350 g/mol. The van der Waals surface area contributed by atoms with Crippen molar-refractivity contribution < 1.29 is 23.2 Å². The highest BCUT2D eigenvalue weighted by molar-refractivity contribution is 7.89. The maximum absolute atomic E-state index is 12.6. The van der Waals surface area contributed by atoms with Gasteiger partial charge in [-0.15, -0.1) is 0 Å². The van der Waals surface area contributed by atoms with Gasteiger partial charge in [0.2, 0.25) is 10.0 Å². The predicted molar refractivity (Wildman–Crippen MR) is 79.5 cm³/mol. The maximum atomic E-state index is 12.6. The number of aryl methyl sites for hydroxylation is 1. The lowest BCUT2D eigenvalue weighted by molar-refractivity contribution is -0.385. The van der Waals surface area contributed by atoms with Crippen LogP contribution in [0.5, 0.6) is 0 Å².